The molecule has 1 saturated carbocycles. The number of Topliss-reactive ketones (excluding diaryl/α,β-unsaturated/α-hetero) is 1. The SMILES string of the molecule is CC(=O)N1CCN(C(=O)c2ccc(-c3cc(CC(=O)C4(c5ccc6c(c5)OCO6)CC4)ccc3C)cc2)CC1. The van der Waals surface area contributed by atoms with Gasteiger partial charge in [-0.2, -0.15) is 0 Å². The van der Waals surface area contributed by atoms with Crippen LogP contribution < -0.4 is 9.47 Å². The Balaban J connectivity index is 1.16. The molecule has 0 N–H and O–H groups in total. The first-order valence-electron chi connectivity index (χ1n) is 13.5. The number of benzene rings is 3. The normalized spacial score (nSPS) is 17.2. The van der Waals surface area contributed by atoms with Crippen molar-refractivity contribution >= 4 is 17.6 Å². The molecule has 0 bridgehead atoms. The fourth-order valence-electron chi connectivity index (χ4n) is 5.69. The molecule has 3 aliphatic rings. The van der Waals surface area contributed by atoms with Crippen molar-refractivity contribution in [1.29, 1.82) is 0 Å². The Labute approximate surface area is 228 Å². The number of ether oxygens (including phenoxy) is 2. The van der Waals surface area contributed by atoms with E-state index < -0.39 is 5.41 Å². The van der Waals surface area contributed by atoms with E-state index in [0.717, 1.165) is 46.4 Å². The second-order valence-electron chi connectivity index (χ2n) is 10.8. The third kappa shape index (κ3) is 4.78. The Morgan fingerprint density at radius 3 is 2.21 bits per heavy atom. The second-order valence-corrected chi connectivity index (χ2v) is 10.8. The van der Waals surface area contributed by atoms with Crippen molar-refractivity contribution in [2.75, 3.05) is 33.0 Å². The summed E-state index contributed by atoms with van der Waals surface area (Å²) in [7, 11) is 0. The highest BCUT2D eigenvalue weighted by Gasteiger charge is 2.50. The smallest absolute Gasteiger partial charge is 0.253 e. The average molecular weight is 525 g/mol. The zero-order valence-electron chi connectivity index (χ0n) is 22.4. The van der Waals surface area contributed by atoms with E-state index in [0.29, 0.717) is 43.9 Å². The fraction of sp³-hybridized carbons (Fsp3) is 0.344. The number of piperazine rings is 1. The first-order chi connectivity index (χ1) is 18.8. The molecule has 6 rings (SSSR count). The highest BCUT2D eigenvalue weighted by Crippen LogP contribution is 2.51. The molecule has 0 atom stereocenters. The summed E-state index contributed by atoms with van der Waals surface area (Å²) >= 11 is 0. The molecule has 0 unspecified atom stereocenters. The number of carbonyl (C=O) groups is 3. The molecule has 2 amide bonds. The minimum atomic E-state index is -0.441. The van der Waals surface area contributed by atoms with Crippen LogP contribution >= 0.6 is 0 Å². The number of hydrogen-bond donors (Lipinski definition) is 0. The summed E-state index contributed by atoms with van der Waals surface area (Å²) in [5.41, 5.74) is 5.37. The molecule has 2 fully saturated rings. The van der Waals surface area contributed by atoms with Gasteiger partial charge in [0.25, 0.3) is 5.91 Å². The lowest BCUT2D eigenvalue weighted by molar-refractivity contribution is -0.130. The van der Waals surface area contributed by atoms with Gasteiger partial charge < -0.3 is 19.3 Å². The van der Waals surface area contributed by atoms with Crippen LogP contribution in [0.2, 0.25) is 0 Å². The third-order valence-electron chi connectivity index (χ3n) is 8.33. The van der Waals surface area contributed by atoms with Crippen LogP contribution in [0, 0.1) is 6.92 Å². The molecular weight excluding hydrogens is 492 g/mol. The highest BCUT2D eigenvalue weighted by atomic mass is 16.7. The Bertz CT molecular complexity index is 1450. The standard InChI is InChI=1S/C32H32N2O5/c1-21-3-4-23(18-30(36)32(11-12-32)26-9-10-28-29(19-26)39-20-38-28)17-27(21)24-5-7-25(8-6-24)31(37)34-15-13-33(14-16-34)22(2)35/h3-10,17,19H,11-16,18,20H2,1-2H3. The molecule has 2 heterocycles. The first kappa shape index (κ1) is 25.2. The van der Waals surface area contributed by atoms with Gasteiger partial charge in [0.1, 0.15) is 5.78 Å². The molecule has 3 aromatic carbocycles. The molecular formula is C32H32N2O5. The number of rotatable bonds is 6. The summed E-state index contributed by atoms with van der Waals surface area (Å²) in [5, 5.41) is 0. The lowest BCUT2D eigenvalue weighted by atomic mass is 9.87. The van der Waals surface area contributed by atoms with Crippen molar-refractivity contribution in [2.45, 2.75) is 38.5 Å². The van der Waals surface area contributed by atoms with Crippen LogP contribution in [-0.4, -0.2) is 60.4 Å². The van der Waals surface area contributed by atoms with Gasteiger partial charge in [0.05, 0.1) is 5.41 Å². The van der Waals surface area contributed by atoms with E-state index in [4.69, 9.17) is 9.47 Å². The van der Waals surface area contributed by atoms with Crippen LogP contribution in [-0.2, 0) is 21.4 Å². The van der Waals surface area contributed by atoms with Gasteiger partial charge in [0.15, 0.2) is 11.5 Å². The summed E-state index contributed by atoms with van der Waals surface area (Å²) < 4.78 is 11.0. The van der Waals surface area contributed by atoms with Gasteiger partial charge in [-0.3, -0.25) is 14.4 Å². The van der Waals surface area contributed by atoms with Crippen molar-refractivity contribution in [2.24, 2.45) is 0 Å². The van der Waals surface area contributed by atoms with Crippen LogP contribution in [0.5, 0.6) is 11.5 Å². The van der Waals surface area contributed by atoms with Gasteiger partial charge in [-0.15, -0.1) is 0 Å². The Kier molecular flexibility index (Phi) is 6.37. The van der Waals surface area contributed by atoms with Crippen LogP contribution in [0.15, 0.2) is 60.7 Å². The van der Waals surface area contributed by atoms with Crippen molar-refractivity contribution in [1.82, 2.24) is 9.80 Å². The number of ketones is 1. The van der Waals surface area contributed by atoms with Crippen molar-refractivity contribution in [3.05, 3.63) is 82.9 Å². The first-order valence-corrected chi connectivity index (χ1v) is 13.5. The number of nitrogens with zero attached hydrogens (tertiary/aromatic N) is 2. The molecule has 7 nitrogen and oxygen atoms in total. The lowest BCUT2D eigenvalue weighted by Gasteiger charge is -2.34. The van der Waals surface area contributed by atoms with Gasteiger partial charge in [0, 0.05) is 45.1 Å². The summed E-state index contributed by atoms with van der Waals surface area (Å²) in [6, 6.07) is 19.7. The Hall–Kier alpha value is -4.13. The van der Waals surface area contributed by atoms with E-state index in [1.165, 1.54) is 0 Å². The minimum Gasteiger partial charge on any atom is -0.454 e. The van der Waals surface area contributed by atoms with Crippen molar-refractivity contribution < 1.29 is 23.9 Å². The van der Waals surface area contributed by atoms with E-state index in [1.54, 1.807) is 16.7 Å². The minimum absolute atomic E-state index is 0.0147. The zero-order chi connectivity index (χ0) is 27.1. The fourth-order valence-corrected chi connectivity index (χ4v) is 5.69. The monoisotopic (exact) mass is 524 g/mol. The van der Waals surface area contributed by atoms with Crippen molar-refractivity contribution in [3.8, 4) is 22.6 Å². The summed E-state index contributed by atoms with van der Waals surface area (Å²) in [6.07, 6.45) is 2.07. The number of amides is 2. The Morgan fingerprint density at radius 1 is 0.821 bits per heavy atom. The third-order valence-corrected chi connectivity index (χ3v) is 8.33. The molecule has 3 aromatic rings. The van der Waals surface area contributed by atoms with Crippen LogP contribution in [0.4, 0.5) is 0 Å². The van der Waals surface area contributed by atoms with Gasteiger partial charge in [0.2, 0.25) is 12.7 Å². The predicted octanol–water partition coefficient (Wildman–Crippen LogP) is 4.54. The second kappa shape index (κ2) is 9.88. The maximum Gasteiger partial charge on any atom is 0.253 e. The summed E-state index contributed by atoms with van der Waals surface area (Å²) in [6.45, 7) is 6.07. The maximum absolute atomic E-state index is 13.5. The van der Waals surface area contributed by atoms with Gasteiger partial charge in [-0.1, -0.05) is 36.4 Å². The van der Waals surface area contributed by atoms with Gasteiger partial charge in [-0.05, 0) is 71.8 Å². The Morgan fingerprint density at radius 2 is 1.51 bits per heavy atom. The topological polar surface area (TPSA) is 76.2 Å². The molecule has 39 heavy (non-hydrogen) atoms. The molecule has 7 heteroatoms. The highest BCUT2D eigenvalue weighted by molar-refractivity contribution is 5.96. The maximum atomic E-state index is 13.5. The number of aryl methyl sites for hydroxylation is 1. The van der Waals surface area contributed by atoms with Crippen LogP contribution in [0.1, 0.15) is 46.8 Å². The number of hydrogen-bond acceptors (Lipinski definition) is 5. The van der Waals surface area contributed by atoms with E-state index in [2.05, 4.69) is 19.1 Å². The van der Waals surface area contributed by atoms with Crippen LogP contribution in [0.3, 0.4) is 0 Å². The lowest BCUT2D eigenvalue weighted by Crippen LogP contribution is -2.50. The molecule has 0 spiro atoms. The van der Waals surface area contributed by atoms with Gasteiger partial charge >= 0.3 is 0 Å². The number of fused-ring (bicyclic) bond motifs is 1. The summed E-state index contributed by atoms with van der Waals surface area (Å²) in [4.78, 5) is 41.7. The molecule has 200 valence electrons. The molecule has 2 aliphatic heterocycles. The van der Waals surface area contributed by atoms with Crippen molar-refractivity contribution in [3.63, 3.8) is 0 Å². The molecule has 0 aromatic heterocycles. The van der Waals surface area contributed by atoms with E-state index in [9.17, 15) is 14.4 Å². The van der Waals surface area contributed by atoms with E-state index >= 15 is 0 Å². The van der Waals surface area contributed by atoms with Gasteiger partial charge in [-0.25, -0.2) is 0 Å². The number of carbonyl (C=O) groups excluding carboxylic acids is 3. The quantitative estimate of drug-likeness (QED) is 0.473. The molecule has 1 aliphatic carbocycles. The zero-order valence-corrected chi connectivity index (χ0v) is 22.4. The van der Waals surface area contributed by atoms with Crippen LogP contribution in [0.25, 0.3) is 11.1 Å². The molecule has 1 saturated heterocycles. The summed E-state index contributed by atoms with van der Waals surface area (Å²) in [5.74, 6) is 1.70. The largest absolute Gasteiger partial charge is 0.454 e. The van der Waals surface area contributed by atoms with E-state index in [1.807, 2.05) is 48.5 Å². The molecule has 0 radical (unpaired) electrons. The predicted molar refractivity (Wildman–Crippen MR) is 147 cm³/mol. The average Bonchev–Trinajstić information content (AvgIpc) is 3.64. The van der Waals surface area contributed by atoms with E-state index in [-0.39, 0.29) is 24.4 Å².